The first kappa shape index (κ1) is 25.1. The molecule has 1 fully saturated rings. The van der Waals surface area contributed by atoms with E-state index in [9.17, 15) is 14.3 Å². The average molecular weight is 502 g/mol. The highest BCUT2D eigenvalue weighted by molar-refractivity contribution is 6.76. The quantitative estimate of drug-likeness (QED) is 0.279. The summed E-state index contributed by atoms with van der Waals surface area (Å²) in [6.45, 7) is 9.73. The van der Waals surface area contributed by atoms with Gasteiger partial charge in [-0.2, -0.15) is 0 Å². The molecule has 1 aliphatic carbocycles. The highest BCUT2D eigenvalue weighted by Gasteiger charge is 2.27. The van der Waals surface area contributed by atoms with Gasteiger partial charge in [-0.05, 0) is 37.8 Å². The number of carbonyl (C=O) groups is 1. The molecule has 0 bridgehead atoms. The Balaban J connectivity index is 1.84. The van der Waals surface area contributed by atoms with Gasteiger partial charge in [-0.3, -0.25) is 0 Å². The molecule has 0 aliphatic heterocycles. The first-order valence-electron chi connectivity index (χ1n) is 11.8. The van der Waals surface area contributed by atoms with Crippen LogP contribution in [0.3, 0.4) is 0 Å². The molecule has 0 amide bonds. The predicted octanol–water partition coefficient (Wildman–Crippen LogP) is 5.35. The second-order valence-corrected chi connectivity index (χ2v) is 15.8. The van der Waals surface area contributed by atoms with Crippen LogP contribution in [0.15, 0.2) is 18.5 Å². The van der Waals surface area contributed by atoms with E-state index in [-0.39, 0.29) is 23.6 Å². The minimum absolute atomic E-state index is 0.0670. The summed E-state index contributed by atoms with van der Waals surface area (Å²) < 4.78 is 33.8. The second-order valence-electron chi connectivity index (χ2n) is 10.2. The number of aromatic carboxylic acids is 1. The summed E-state index contributed by atoms with van der Waals surface area (Å²) in [5.74, 6) is -0.681. The van der Waals surface area contributed by atoms with E-state index in [1.807, 2.05) is 0 Å². The van der Waals surface area contributed by atoms with Crippen LogP contribution in [-0.4, -0.2) is 54.0 Å². The monoisotopic (exact) mass is 501 g/mol. The van der Waals surface area contributed by atoms with Crippen LogP contribution in [0, 0.1) is 18.7 Å². The van der Waals surface area contributed by atoms with Crippen molar-refractivity contribution in [1.29, 1.82) is 0 Å². The van der Waals surface area contributed by atoms with Crippen LogP contribution in [0.1, 0.15) is 28.9 Å². The second kappa shape index (κ2) is 9.94. The Labute approximate surface area is 205 Å². The number of carboxylic acid groups (broad SMARTS) is 1. The van der Waals surface area contributed by atoms with Crippen molar-refractivity contribution in [2.24, 2.45) is 5.92 Å². The molecule has 10 heteroatoms. The van der Waals surface area contributed by atoms with Gasteiger partial charge >= 0.3 is 5.97 Å². The Morgan fingerprint density at radius 2 is 1.97 bits per heavy atom. The fourth-order valence-corrected chi connectivity index (χ4v) is 4.68. The van der Waals surface area contributed by atoms with Crippen molar-refractivity contribution in [1.82, 2.24) is 14.5 Å². The standard InChI is InChI=1S/C25H32FN3O5Si/c1-15-21(25(30)31)23-24(29(15)14-33-8-9-35(3,4)5)22(27-13-28-23)17-10-18(26)20(32-2)11-19(17)34-12-16-6-7-16/h10-11,13,16H,6-9,12,14H2,1-5H3,(H,30,31). The molecule has 8 nitrogen and oxygen atoms in total. The largest absolute Gasteiger partial charge is 0.494 e. The number of nitrogens with zero attached hydrogens (tertiary/aromatic N) is 3. The molecule has 1 N–H and O–H groups in total. The first-order valence-corrected chi connectivity index (χ1v) is 15.5. The number of hydrogen-bond acceptors (Lipinski definition) is 6. The Hall–Kier alpha value is -2.98. The Morgan fingerprint density at radius 3 is 2.60 bits per heavy atom. The summed E-state index contributed by atoms with van der Waals surface area (Å²) in [7, 11) is 0.102. The third kappa shape index (κ3) is 5.48. The van der Waals surface area contributed by atoms with Gasteiger partial charge in [0.2, 0.25) is 0 Å². The molecule has 0 saturated heterocycles. The number of methoxy groups -OCH3 is 1. The topological polar surface area (TPSA) is 95.7 Å². The van der Waals surface area contributed by atoms with Crippen LogP contribution in [-0.2, 0) is 11.5 Å². The van der Waals surface area contributed by atoms with E-state index in [0.29, 0.717) is 47.3 Å². The lowest BCUT2D eigenvalue weighted by Gasteiger charge is -2.17. The van der Waals surface area contributed by atoms with Crippen molar-refractivity contribution < 1.29 is 28.5 Å². The predicted molar refractivity (Wildman–Crippen MR) is 133 cm³/mol. The number of halogens is 1. The minimum atomic E-state index is -1.30. The van der Waals surface area contributed by atoms with Gasteiger partial charge in [0.15, 0.2) is 11.6 Å². The van der Waals surface area contributed by atoms with Crippen molar-refractivity contribution >= 4 is 25.1 Å². The van der Waals surface area contributed by atoms with E-state index in [1.54, 1.807) is 11.5 Å². The van der Waals surface area contributed by atoms with E-state index >= 15 is 0 Å². The summed E-state index contributed by atoms with van der Waals surface area (Å²) in [6.07, 6.45) is 3.50. The van der Waals surface area contributed by atoms with Crippen LogP contribution in [0.5, 0.6) is 11.5 Å². The van der Waals surface area contributed by atoms with Crippen LogP contribution in [0.4, 0.5) is 4.39 Å². The Bertz CT molecular complexity index is 1250. The molecule has 0 atom stereocenters. The lowest BCUT2D eigenvalue weighted by atomic mass is 10.1. The van der Waals surface area contributed by atoms with Crippen molar-refractivity contribution in [3.05, 3.63) is 35.5 Å². The fourth-order valence-electron chi connectivity index (χ4n) is 3.93. The number of carboxylic acids is 1. The molecule has 0 radical (unpaired) electrons. The number of fused-ring (bicyclic) bond motifs is 1. The summed E-state index contributed by atoms with van der Waals surface area (Å²) in [6, 6.07) is 3.81. The summed E-state index contributed by atoms with van der Waals surface area (Å²) >= 11 is 0. The molecule has 1 aromatic carbocycles. The van der Waals surface area contributed by atoms with E-state index in [4.69, 9.17) is 14.2 Å². The molecular formula is C25H32FN3O5Si. The van der Waals surface area contributed by atoms with Crippen LogP contribution < -0.4 is 9.47 Å². The number of ether oxygens (including phenoxy) is 3. The van der Waals surface area contributed by atoms with Gasteiger partial charge in [0, 0.05) is 32.0 Å². The third-order valence-electron chi connectivity index (χ3n) is 6.21. The minimum Gasteiger partial charge on any atom is -0.494 e. The summed E-state index contributed by atoms with van der Waals surface area (Å²) in [4.78, 5) is 20.9. The van der Waals surface area contributed by atoms with Gasteiger partial charge in [0.05, 0.1) is 19.2 Å². The lowest BCUT2D eigenvalue weighted by Crippen LogP contribution is -2.22. The van der Waals surface area contributed by atoms with E-state index < -0.39 is 19.9 Å². The van der Waals surface area contributed by atoms with Gasteiger partial charge in [-0.1, -0.05) is 19.6 Å². The number of aromatic nitrogens is 3. The average Bonchev–Trinajstić information content (AvgIpc) is 3.57. The van der Waals surface area contributed by atoms with Gasteiger partial charge in [-0.15, -0.1) is 0 Å². The molecule has 1 saturated carbocycles. The molecule has 0 unspecified atom stereocenters. The van der Waals surface area contributed by atoms with E-state index in [0.717, 1.165) is 18.9 Å². The van der Waals surface area contributed by atoms with Crippen molar-refractivity contribution in [2.45, 2.75) is 52.2 Å². The van der Waals surface area contributed by atoms with E-state index in [2.05, 4.69) is 29.6 Å². The fraction of sp³-hybridized carbons (Fsp3) is 0.480. The molecule has 1 aliphatic rings. The van der Waals surface area contributed by atoms with Crippen LogP contribution in [0.2, 0.25) is 25.7 Å². The summed E-state index contributed by atoms with van der Waals surface area (Å²) in [5.41, 5.74) is 2.11. The van der Waals surface area contributed by atoms with Crippen LogP contribution in [0.25, 0.3) is 22.3 Å². The SMILES string of the molecule is COc1cc(OCC2CC2)c(-c2ncnc3c(C(=O)O)c(C)n(COCC[Si](C)(C)C)c23)cc1F. The molecule has 4 rings (SSSR count). The van der Waals surface area contributed by atoms with Gasteiger partial charge < -0.3 is 23.9 Å². The maximum Gasteiger partial charge on any atom is 0.339 e. The normalized spacial score (nSPS) is 13.9. The zero-order chi connectivity index (χ0) is 25.3. The molecule has 0 spiro atoms. The zero-order valence-electron chi connectivity index (χ0n) is 20.9. The van der Waals surface area contributed by atoms with Gasteiger partial charge in [0.25, 0.3) is 0 Å². The van der Waals surface area contributed by atoms with Crippen LogP contribution >= 0.6 is 0 Å². The molecule has 2 heterocycles. The van der Waals surface area contributed by atoms with Crippen molar-refractivity contribution in [3.8, 4) is 22.8 Å². The lowest BCUT2D eigenvalue weighted by molar-refractivity contribution is 0.0694. The number of hydrogen-bond donors (Lipinski definition) is 1. The molecule has 2 aromatic heterocycles. The molecule has 188 valence electrons. The maximum atomic E-state index is 14.9. The number of benzene rings is 1. The number of rotatable bonds is 11. The van der Waals surface area contributed by atoms with Crippen molar-refractivity contribution in [2.75, 3.05) is 20.3 Å². The summed E-state index contributed by atoms with van der Waals surface area (Å²) in [5, 5.41) is 9.93. The molecule has 3 aromatic rings. The Kier molecular flexibility index (Phi) is 7.14. The van der Waals surface area contributed by atoms with E-state index in [1.165, 1.54) is 25.6 Å². The van der Waals surface area contributed by atoms with Gasteiger partial charge in [-0.25, -0.2) is 19.2 Å². The first-order chi connectivity index (χ1) is 16.6. The molecule has 35 heavy (non-hydrogen) atoms. The highest BCUT2D eigenvalue weighted by Crippen LogP contribution is 2.40. The highest BCUT2D eigenvalue weighted by atomic mass is 28.3. The van der Waals surface area contributed by atoms with Crippen molar-refractivity contribution in [3.63, 3.8) is 0 Å². The molecular weight excluding hydrogens is 469 g/mol. The smallest absolute Gasteiger partial charge is 0.339 e. The third-order valence-corrected chi connectivity index (χ3v) is 7.91. The van der Waals surface area contributed by atoms with Gasteiger partial charge in [0.1, 0.15) is 35.6 Å². The zero-order valence-corrected chi connectivity index (χ0v) is 21.9. The maximum absolute atomic E-state index is 14.9. The Morgan fingerprint density at radius 1 is 1.23 bits per heavy atom.